The van der Waals surface area contributed by atoms with Gasteiger partial charge in [0.15, 0.2) is 11.0 Å². The van der Waals surface area contributed by atoms with Gasteiger partial charge >= 0.3 is 5.97 Å². The molecule has 4 aromatic rings. The van der Waals surface area contributed by atoms with Crippen LogP contribution in [0.4, 0.5) is 11.4 Å². The van der Waals surface area contributed by atoms with E-state index in [2.05, 4.69) is 20.8 Å². The summed E-state index contributed by atoms with van der Waals surface area (Å²) in [5.74, 6) is 0.971. The standard InChI is InChI=1S/C28H29N5O4S/c1-3-36-24-15-13-21(14-16-24)29-18-25-31-32-28(33(25)23-11-6-5-7-12-23)38-19-26(34)30-22-10-8-9-20(17-22)27(35)37-4-2/h5-17,29H,3-4,18-19H2,1-2H3,(H,30,34). The lowest BCUT2D eigenvalue weighted by molar-refractivity contribution is -0.113. The van der Waals surface area contributed by atoms with Crippen molar-refractivity contribution in [2.75, 3.05) is 29.6 Å². The molecule has 0 unspecified atom stereocenters. The molecule has 0 saturated heterocycles. The van der Waals surface area contributed by atoms with Gasteiger partial charge in [-0.05, 0) is 68.4 Å². The zero-order valence-corrected chi connectivity index (χ0v) is 22.0. The third kappa shape index (κ3) is 7.13. The first kappa shape index (κ1) is 26.7. The number of rotatable bonds is 12. The summed E-state index contributed by atoms with van der Waals surface area (Å²) in [4.78, 5) is 24.7. The number of amides is 1. The molecule has 0 bridgehead atoms. The second-order valence-corrected chi connectivity index (χ2v) is 8.96. The Balaban J connectivity index is 1.44. The maximum atomic E-state index is 12.7. The summed E-state index contributed by atoms with van der Waals surface area (Å²) >= 11 is 1.28. The smallest absolute Gasteiger partial charge is 0.338 e. The number of ether oxygens (including phenoxy) is 2. The predicted molar refractivity (Wildman–Crippen MR) is 148 cm³/mol. The molecule has 0 atom stereocenters. The lowest BCUT2D eigenvalue weighted by atomic mass is 10.2. The van der Waals surface area contributed by atoms with Crippen molar-refractivity contribution in [2.45, 2.75) is 25.5 Å². The molecule has 196 valence electrons. The lowest BCUT2D eigenvalue weighted by Crippen LogP contribution is -2.15. The van der Waals surface area contributed by atoms with Crippen LogP contribution in [0.1, 0.15) is 30.0 Å². The Morgan fingerprint density at radius 2 is 1.68 bits per heavy atom. The van der Waals surface area contributed by atoms with Crippen molar-refractivity contribution in [2.24, 2.45) is 0 Å². The van der Waals surface area contributed by atoms with Crippen molar-refractivity contribution >= 4 is 35.0 Å². The van der Waals surface area contributed by atoms with Gasteiger partial charge in [0, 0.05) is 17.1 Å². The van der Waals surface area contributed by atoms with Crippen molar-refractivity contribution < 1.29 is 19.1 Å². The third-order valence-corrected chi connectivity index (χ3v) is 6.25. The third-order valence-electron chi connectivity index (χ3n) is 5.32. The molecular weight excluding hydrogens is 502 g/mol. The fourth-order valence-electron chi connectivity index (χ4n) is 3.63. The summed E-state index contributed by atoms with van der Waals surface area (Å²) in [5, 5.41) is 15.5. The van der Waals surface area contributed by atoms with Crippen molar-refractivity contribution in [1.29, 1.82) is 0 Å². The first-order chi connectivity index (χ1) is 18.6. The first-order valence-electron chi connectivity index (χ1n) is 12.2. The van der Waals surface area contributed by atoms with E-state index >= 15 is 0 Å². The monoisotopic (exact) mass is 531 g/mol. The Labute approximate surface area is 225 Å². The minimum atomic E-state index is -0.430. The van der Waals surface area contributed by atoms with Crippen molar-refractivity contribution in [1.82, 2.24) is 14.8 Å². The number of benzene rings is 3. The van der Waals surface area contributed by atoms with Gasteiger partial charge < -0.3 is 20.1 Å². The number of aromatic nitrogens is 3. The number of nitrogens with one attached hydrogen (secondary N) is 2. The van der Waals surface area contributed by atoms with E-state index in [4.69, 9.17) is 9.47 Å². The van der Waals surface area contributed by atoms with Crippen LogP contribution in [0.25, 0.3) is 5.69 Å². The quantitative estimate of drug-likeness (QED) is 0.190. The average molecular weight is 532 g/mol. The Bertz CT molecular complexity index is 1360. The number of carbonyl (C=O) groups excluding carboxylic acids is 2. The summed E-state index contributed by atoms with van der Waals surface area (Å²) in [6, 6.07) is 24.1. The molecule has 2 N–H and O–H groups in total. The average Bonchev–Trinajstić information content (AvgIpc) is 3.35. The molecule has 0 saturated carbocycles. The molecule has 1 amide bonds. The Kier molecular flexibility index (Phi) is 9.36. The molecule has 1 aromatic heterocycles. The number of esters is 1. The number of anilines is 2. The highest BCUT2D eigenvalue weighted by Crippen LogP contribution is 2.24. The number of carbonyl (C=O) groups is 2. The van der Waals surface area contributed by atoms with Gasteiger partial charge in [-0.2, -0.15) is 0 Å². The molecule has 1 heterocycles. The SMILES string of the molecule is CCOC(=O)c1cccc(NC(=O)CSc2nnc(CNc3ccc(OCC)cc3)n2-c2ccccc2)c1. The number of hydrogen-bond acceptors (Lipinski definition) is 8. The van der Waals surface area contributed by atoms with Gasteiger partial charge in [-0.15, -0.1) is 10.2 Å². The highest BCUT2D eigenvalue weighted by Gasteiger charge is 2.16. The van der Waals surface area contributed by atoms with Crippen LogP contribution < -0.4 is 15.4 Å². The molecule has 0 aliphatic rings. The van der Waals surface area contributed by atoms with Gasteiger partial charge in [-0.25, -0.2) is 4.79 Å². The second-order valence-electron chi connectivity index (χ2n) is 8.02. The molecule has 0 spiro atoms. The summed E-state index contributed by atoms with van der Waals surface area (Å²) in [6.45, 7) is 5.03. The molecule has 10 heteroatoms. The molecule has 0 aliphatic heterocycles. The lowest BCUT2D eigenvalue weighted by Gasteiger charge is -2.12. The zero-order chi connectivity index (χ0) is 26.7. The van der Waals surface area contributed by atoms with E-state index < -0.39 is 5.97 Å². The van der Waals surface area contributed by atoms with E-state index in [1.807, 2.05) is 66.1 Å². The fraction of sp³-hybridized carbons (Fsp3) is 0.214. The van der Waals surface area contributed by atoms with E-state index in [-0.39, 0.29) is 18.3 Å². The second kappa shape index (κ2) is 13.3. The predicted octanol–water partition coefficient (Wildman–Crippen LogP) is 5.19. The van der Waals surface area contributed by atoms with E-state index in [0.29, 0.717) is 35.4 Å². The summed E-state index contributed by atoms with van der Waals surface area (Å²) in [5.41, 5.74) is 2.72. The Morgan fingerprint density at radius 1 is 0.895 bits per heavy atom. The van der Waals surface area contributed by atoms with Crippen LogP contribution in [0.2, 0.25) is 0 Å². The largest absolute Gasteiger partial charge is 0.494 e. The fourth-order valence-corrected chi connectivity index (χ4v) is 4.40. The van der Waals surface area contributed by atoms with Crippen LogP contribution in [-0.2, 0) is 16.1 Å². The van der Waals surface area contributed by atoms with Crippen LogP contribution in [0.15, 0.2) is 84.0 Å². The van der Waals surface area contributed by atoms with Gasteiger partial charge in [0.05, 0.1) is 31.1 Å². The summed E-state index contributed by atoms with van der Waals surface area (Å²) in [7, 11) is 0. The zero-order valence-electron chi connectivity index (χ0n) is 21.2. The minimum Gasteiger partial charge on any atom is -0.494 e. The van der Waals surface area contributed by atoms with E-state index in [9.17, 15) is 9.59 Å². The van der Waals surface area contributed by atoms with Gasteiger partial charge in [-0.1, -0.05) is 36.0 Å². The van der Waals surface area contributed by atoms with Crippen molar-refractivity contribution in [3.05, 3.63) is 90.3 Å². The van der Waals surface area contributed by atoms with Gasteiger partial charge in [-0.3, -0.25) is 9.36 Å². The normalized spacial score (nSPS) is 10.6. The molecule has 0 aliphatic carbocycles. The Morgan fingerprint density at radius 3 is 2.42 bits per heavy atom. The molecular formula is C28H29N5O4S. The topological polar surface area (TPSA) is 107 Å². The van der Waals surface area contributed by atoms with Crippen LogP contribution in [0.3, 0.4) is 0 Å². The highest BCUT2D eigenvalue weighted by atomic mass is 32.2. The number of thioether (sulfide) groups is 1. The highest BCUT2D eigenvalue weighted by molar-refractivity contribution is 7.99. The number of nitrogens with zero attached hydrogens (tertiary/aromatic N) is 3. The summed E-state index contributed by atoms with van der Waals surface area (Å²) < 4.78 is 12.5. The molecule has 0 fully saturated rings. The molecule has 4 rings (SSSR count). The van der Waals surface area contributed by atoms with Crippen LogP contribution >= 0.6 is 11.8 Å². The van der Waals surface area contributed by atoms with Crippen LogP contribution in [0.5, 0.6) is 5.75 Å². The molecule has 38 heavy (non-hydrogen) atoms. The van der Waals surface area contributed by atoms with Gasteiger partial charge in [0.2, 0.25) is 5.91 Å². The van der Waals surface area contributed by atoms with Crippen LogP contribution in [-0.4, -0.2) is 45.6 Å². The van der Waals surface area contributed by atoms with Gasteiger partial charge in [0.1, 0.15) is 5.75 Å². The van der Waals surface area contributed by atoms with E-state index in [1.165, 1.54) is 11.8 Å². The van der Waals surface area contributed by atoms with Crippen molar-refractivity contribution in [3.8, 4) is 11.4 Å². The maximum Gasteiger partial charge on any atom is 0.338 e. The molecule has 3 aromatic carbocycles. The first-order valence-corrected chi connectivity index (χ1v) is 13.2. The van der Waals surface area contributed by atoms with Crippen molar-refractivity contribution in [3.63, 3.8) is 0 Å². The number of hydrogen-bond donors (Lipinski definition) is 2. The van der Waals surface area contributed by atoms with E-state index in [1.54, 1.807) is 31.2 Å². The van der Waals surface area contributed by atoms with Crippen LogP contribution in [0, 0.1) is 0 Å². The van der Waals surface area contributed by atoms with Gasteiger partial charge in [0.25, 0.3) is 0 Å². The summed E-state index contributed by atoms with van der Waals surface area (Å²) in [6.07, 6.45) is 0. The Hall–Kier alpha value is -4.31. The number of para-hydroxylation sites is 1. The van der Waals surface area contributed by atoms with E-state index in [0.717, 1.165) is 17.1 Å². The maximum absolute atomic E-state index is 12.7. The molecule has 0 radical (unpaired) electrons. The molecule has 9 nitrogen and oxygen atoms in total. The minimum absolute atomic E-state index is 0.112.